The van der Waals surface area contributed by atoms with Gasteiger partial charge >= 0.3 is 0 Å². The second-order valence-electron chi connectivity index (χ2n) is 7.45. The second-order valence-corrected chi connectivity index (χ2v) is 9.31. The van der Waals surface area contributed by atoms with Gasteiger partial charge in [0.25, 0.3) is 5.91 Å². The summed E-state index contributed by atoms with van der Waals surface area (Å²) in [6.45, 7) is 2.02. The molecule has 0 fully saturated rings. The van der Waals surface area contributed by atoms with E-state index in [-0.39, 0.29) is 17.2 Å². The summed E-state index contributed by atoms with van der Waals surface area (Å²) in [5.41, 5.74) is 5.55. The Bertz CT molecular complexity index is 1360. The second kappa shape index (κ2) is 11.3. The van der Waals surface area contributed by atoms with Gasteiger partial charge < -0.3 is 4.74 Å². The minimum absolute atomic E-state index is 0.0422. The predicted molar refractivity (Wildman–Crippen MR) is 139 cm³/mol. The lowest BCUT2D eigenvalue weighted by molar-refractivity contribution is -0.118. The van der Waals surface area contributed by atoms with Crippen molar-refractivity contribution in [3.05, 3.63) is 88.1 Å². The van der Waals surface area contributed by atoms with E-state index in [4.69, 9.17) is 4.74 Å². The minimum Gasteiger partial charge on any atom is -0.497 e. The van der Waals surface area contributed by atoms with Crippen molar-refractivity contribution < 1.29 is 13.9 Å². The smallest absolute Gasteiger partial charge is 0.250 e. The molecule has 0 saturated heterocycles. The number of carbonyl (C=O) groups is 1. The van der Waals surface area contributed by atoms with Crippen LogP contribution in [0, 0.1) is 12.7 Å². The Hall–Kier alpha value is -3.50. The van der Waals surface area contributed by atoms with E-state index in [2.05, 4.69) is 36.7 Å². The van der Waals surface area contributed by atoms with Gasteiger partial charge in [0.15, 0.2) is 11.0 Å². The quantitative estimate of drug-likeness (QED) is 0.179. The van der Waals surface area contributed by atoms with Crippen LogP contribution in [0.15, 0.2) is 81.5 Å². The Morgan fingerprint density at radius 2 is 1.89 bits per heavy atom. The van der Waals surface area contributed by atoms with Crippen LogP contribution in [0.2, 0.25) is 0 Å². The number of hydrogen-bond acceptors (Lipinski definition) is 6. The molecule has 4 rings (SSSR count). The highest BCUT2D eigenvalue weighted by molar-refractivity contribution is 9.10. The van der Waals surface area contributed by atoms with E-state index in [1.165, 1.54) is 24.0 Å². The molecule has 0 spiro atoms. The fourth-order valence-electron chi connectivity index (χ4n) is 3.17. The van der Waals surface area contributed by atoms with Crippen LogP contribution in [0.5, 0.6) is 5.75 Å². The third kappa shape index (κ3) is 6.14. The maximum absolute atomic E-state index is 13.8. The fourth-order valence-corrected chi connectivity index (χ4v) is 4.29. The first-order chi connectivity index (χ1) is 16.9. The summed E-state index contributed by atoms with van der Waals surface area (Å²) in [7, 11) is 1.61. The molecular formula is C25H21BrFN5O2S. The van der Waals surface area contributed by atoms with Gasteiger partial charge in [0.1, 0.15) is 11.6 Å². The van der Waals surface area contributed by atoms with E-state index in [1.807, 2.05) is 60.0 Å². The van der Waals surface area contributed by atoms with Gasteiger partial charge in [-0.2, -0.15) is 5.10 Å². The average molecular weight is 554 g/mol. The topological polar surface area (TPSA) is 81.4 Å². The van der Waals surface area contributed by atoms with E-state index in [9.17, 15) is 9.18 Å². The molecule has 0 aliphatic heterocycles. The van der Waals surface area contributed by atoms with Gasteiger partial charge in [-0.1, -0.05) is 57.5 Å². The lowest BCUT2D eigenvalue weighted by Gasteiger charge is -2.11. The van der Waals surface area contributed by atoms with Crippen molar-refractivity contribution in [2.75, 3.05) is 12.9 Å². The number of nitrogens with zero attached hydrogens (tertiary/aromatic N) is 4. The first-order valence-electron chi connectivity index (χ1n) is 10.5. The minimum atomic E-state index is -0.434. The number of hydrogen-bond donors (Lipinski definition) is 1. The van der Waals surface area contributed by atoms with Crippen LogP contribution in [0.3, 0.4) is 0 Å². The predicted octanol–water partition coefficient (Wildman–Crippen LogP) is 5.40. The van der Waals surface area contributed by atoms with Gasteiger partial charge in [-0.25, -0.2) is 9.82 Å². The van der Waals surface area contributed by atoms with Crippen LogP contribution in [-0.4, -0.2) is 39.7 Å². The number of aromatic nitrogens is 3. The first kappa shape index (κ1) is 24.6. The standard InChI is InChI=1S/C25H21BrFN5O2S/c1-16-3-5-17(6-4-16)24-30-31-25(32(24)20-8-10-21(34-2)11-9-20)35-15-23(33)29-28-14-18-13-19(26)7-12-22(18)27/h3-14H,15H2,1-2H3,(H,29,33)/b28-14-. The zero-order valence-electron chi connectivity index (χ0n) is 18.9. The number of carbonyl (C=O) groups excluding carboxylic acids is 1. The molecule has 7 nitrogen and oxygen atoms in total. The van der Waals surface area contributed by atoms with Gasteiger partial charge in [0.05, 0.1) is 19.1 Å². The maximum atomic E-state index is 13.8. The monoisotopic (exact) mass is 553 g/mol. The van der Waals surface area contributed by atoms with E-state index in [1.54, 1.807) is 19.2 Å². The largest absolute Gasteiger partial charge is 0.497 e. The molecule has 0 aliphatic rings. The van der Waals surface area contributed by atoms with E-state index in [0.29, 0.717) is 15.5 Å². The lowest BCUT2D eigenvalue weighted by atomic mass is 10.1. The molecule has 0 saturated carbocycles. The van der Waals surface area contributed by atoms with E-state index < -0.39 is 5.82 Å². The van der Waals surface area contributed by atoms with Crippen LogP contribution in [0.25, 0.3) is 17.1 Å². The number of rotatable bonds is 8. The Morgan fingerprint density at radius 1 is 1.14 bits per heavy atom. The van der Waals surface area contributed by atoms with Crippen LogP contribution in [0.4, 0.5) is 4.39 Å². The van der Waals surface area contributed by atoms with Gasteiger partial charge in [0.2, 0.25) is 0 Å². The zero-order chi connectivity index (χ0) is 24.8. The van der Waals surface area contributed by atoms with Crippen molar-refractivity contribution in [3.8, 4) is 22.8 Å². The summed E-state index contributed by atoms with van der Waals surface area (Å²) < 4.78 is 21.7. The molecule has 178 valence electrons. The number of thioether (sulfide) groups is 1. The average Bonchev–Trinajstić information content (AvgIpc) is 3.29. The van der Waals surface area contributed by atoms with Crippen molar-refractivity contribution in [2.24, 2.45) is 5.10 Å². The Balaban J connectivity index is 1.52. The summed E-state index contributed by atoms with van der Waals surface area (Å²) in [5, 5.41) is 13.1. The Kier molecular flexibility index (Phi) is 7.94. The SMILES string of the molecule is COc1ccc(-n2c(SCC(=O)N/N=C\c3cc(Br)ccc3F)nnc2-c2ccc(C)cc2)cc1. The summed E-state index contributed by atoms with van der Waals surface area (Å²) in [6, 6.07) is 20.0. The summed E-state index contributed by atoms with van der Waals surface area (Å²) in [6.07, 6.45) is 1.26. The molecule has 0 unspecified atom stereocenters. The number of amides is 1. The molecule has 0 radical (unpaired) electrons. The molecule has 1 aromatic heterocycles. The highest BCUT2D eigenvalue weighted by Crippen LogP contribution is 2.29. The number of methoxy groups -OCH3 is 1. The van der Waals surface area contributed by atoms with Crippen LogP contribution >= 0.6 is 27.7 Å². The van der Waals surface area contributed by atoms with E-state index in [0.717, 1.165) is 22.6 Å². The molecule has 0 aliphatic carbocycles. The normalized spacial score (nSPS) is 11.1. The number of hydrazone groups is 1. The zero-order valence-corrected chi connectivity index (χ0v) is 21.3. The van der Waals surface area contributed by atoms with Crippen molar-refractivity contribution in [1.82, 2.24) is 20.2 Å². The summed E-state index contributed by atoms with van der Waals surface area (Å²) in [5.74, 6) is 0.633. The van der Waals surface area contributed by atoms with Crippen molar-refractivity contribution >= 4 is 39.8 Å². The molecule has 3 aromatic carbocycles. The van der Waals surface area contributed by atoms with Crippen molar-refractivity contribution in [1.29, 1.82) is 0 Å². The van der Waals surface area contributed by atoms with Crippen molar-refractivity contribution in [3.63, 3.8) is 0 Å². The highest BCUT2D eigenvalue weighted by Gasteiger charge is 2.17. The molecule has 4 aromatic rings. The molecule has 1 N–H and O–H groups in total. The molecule has 35 heavy (non-hydrogen) atoms. The molecule has 10 heteroatoms. The van der Waals surface area contributed by atoms with Crippen LogP contribution in [-0.2, 0) is 4.79 Å². The number of nitrogens with one attached hydrogen (secondary N) is 1. The lowest BCUT2D eigenvalue weighted by Crippen LogP contribution is -2.20. The fraction of sp³-hybridized carbons (Fsp3) is 0.120. The third-order valence-corrected chi connectivity index (χ3v) is 6.38. The van der Waals surface area contributed by atoms with Gasteiger partial charge in [0, 0.05) is 21.3 Å². The van der Waals surface area contributed by atoms with Crippen LogP contribution < -0.4 is 10.2 Å². The van der Waals surface area contributed by atoms with Crippen molar-refractivity contribution in [2.45, 2.75) is 12.1 Å². The van der Waals surface area contributed by atoms with Gasteiger partial charge in [-0.05, 0) is 49.4 Å². The number of ether oxygens (including phenoxy) is 1. The third-order valence-electron chi connectivity index (χ3n) is 4.96. The maximum Gasteiger partial charge on any atom is 0.250 e. The molecule has 0 atom stereocenters. The van der Waals surface area contributed by atoms with Gasteiger partial charge in [-0.3, -0.25) is 9.36 Å². The Morgan fingerprint density at radius 3 is 2.60 bits per heavy atom. The number of aryl methyl sites for hydroxylation is 1. The molecule has 1 heterocycles. The number of halogens is 2. The van der Waals surface area contributed by atoms with Crippen LogP contribution in [0.1, 0.15) is 11.1 Å². The highest BCUT2D eigenvalue weighted by atomic mass is 79.9. The molecule has 1 amide bonds. The number of benzene rings is 3. The van der Waals surface area contributed by atoms with Gasteiger partial charge in [-0.15, -0.1) is 10.2 Å². The molecular weight excluding hydrogens is 533 g/mol. The van der Waals surface area contributed by atoms with E-state index >= 15 is 0 Å². The Labute approximate surface area is 214 Å². The summed E-state index contributed by atoms with van der Waals surface area (Å²) >= 11 is 4.50. The summed E-state index contributed by atoms with van der Waals surface area (Å²) in [4.78, 5) is 12.4. The first-order valence-corrected chi connectivity index (χ1v) is 12.3. The molecule has 0 bridgehead atoms.